The van der Waals surface area contributed by atoms with Crippen LogP contribution in [0, 0.1) is 27.7 Å². The van der Waals surface area contributed by atoms with Gasteiger partial charge in [0.1, 0.15) is 0 Å². The van der Waals surface area contributed by atoms with Crippen molar-refractivity contribution >= 4 is 22.6 Å². The fourth-order valence-corrected chi connectivity index (χ4v) is 4.29. The van der Waals surface area contributed by atoms with Gasteiger partial charge in [-0.05, 0) is 63.8 Å². The van der Waals surface area contributed by atoms with Crippen LogP contribution in [0.3, 0.4) is 0 Å². The molecule has 33 heavy (non-hydrogen) atoms. The van der Waals surface area contributed by atoms with E-state index in [9.17, 15) is 4.79 Å². The predicted molar refractivity (Wildman–Crippen MR) is 133 cm³/mol. The maximum atomic E-state index is 13.0. The topological polar surface area (TPSA) is 69.0 Å². The van der Waals surface area contributed by atoms with E-state index < -0.39 is 6.10 Å². The number of pyridine rings is 1. The second-order valence-electron chi connectivity index (χ2n) is 8.50. The molecule has 2 aromatic heterocycles. The van der Waals surface area contributed by atoms with Gasteiger partial charge in [-0.1, -0.05) is 48.0 Å². The van der Waals surface area contributed by atoms with Gasteiger partial charge < -0.3 is 10.1 Å². The fourth-order valence-electron chi connectivity index (χ4n) is 4.29. The number of aryl methyl sites for hydroxylation is 5. The number of anilines is 1. The molecule has 1 amide bonds. The Labute approximate surface area is 194 Å². The van der Waals surface area contributed by atoms with Crippen LogP contribution < -0.4 is 10.1 Å². The first-order chi connectivity index (χ1) is 15.8. The largest absolute Gasteiger partial charge is 0.464 e. The van der Waals surface area contributed by atoms with Gasteiger partial charge >= 0.3 is 0 Å². The number of aromatic nitrogens is 3. The maximum absolute atomic E-state index is 13.0. The number of ether oxygens (including phenoxy) is 1. The van der Waals surface area contributed by atoms with Crippen LogP contribution in [-0.4, -0.2) is 26.8 Å². The molecule has 0 aliphatic carbocycles. The smallest absolute Gasteiger partial charge is 0.265 e. The Morgan fingerprint density at radius 1 is 1.06 bits per heavy atom. The first-order valence-electron chi connectivity index (χ1n) is 11.3. The molecule has 1 N–H and O–H groups in total. The molecule has 4 aromatic rings. The predicted octanol–water partition coefficient (Wildman–Crippen LogP) is 5.76. The highest BCUT2D eigenvalue weighted by molar-refractivity contribution is 5.97. The summed E-state index contributed by atoms with van der Waals surface area (Å²) < 4.78 is 7.94. The van der Waals surface area contributed by atoms with Crippen molar-refractivity contribution in [1.29, 1.82) is 0 Å². The monoisotopic (exact) mass is 442 g/mol. The highest BCUT2D eigenvalue weighted by Gasteiger charge is 2.21. The number of hydrogen-bond acceptors (Lipinski definition) is 4. The van der Waals surface area contributed by atoms with Crippen molar-refractivity contribution in [1.82, 2.24) is 14.8 Å². The molecule has 0 aliphatic rings. The van der Waals surface area contributed by atoms with E-state index >= 15 is 0 Å². The van der Waals surface area contributed by atoms with Gasteiger partial charge in [-0.15, -0.1) is 0 Å². The summed E-state index contributed by atoms with van der Waals surface area (Å²) in [6, 6.07) is 16.1. The first kappa shape index (κ1) is 22.5. The van der Waals surface area contributed by atoms with E-state index in [1.54, 1.807) is 6.92 Å². The Morgan fingerprint density at radius 2 is 1.73 bits per heavy atom. The summed E-state index contributed by atoms with van der Waals surface area (Å²) in [7, 11) is 0. The van der Waals surface area contributed by atoms with Crippen LogP contribution in [-0.2, 0) is 11.3 Å². The normalized spacial score (nSPS) is 12.1. The summed E-state index contributed by atoms with van der Waals surface area (Å²) in [4.78, 5) is 17.7. The quantitative estimate of drug-likeness (QED) is 0.412. The van der Waals surface area contributed by atoms with E-state index in [0.29, 0.717) is 12.4 Å². The van der Waals surface area contributed by atoms with Gasteiger partial charge in [-0.2, -0.15) is 10.1 Å². The van der Waals surface area contributed by atoms with Gasteiger partial charge in [-0.25, -0.2) is 4.68 Å². The van der Waals surface area contributed by atoms with Crippen molar-refractivity contribution in [3.8, 4) is 17.0 Å². The Morgan fingerprint density at radius 3 is 2.36 bits per heavy atom. The summed E-state index contributed by atoms with van der Waals surface area (Å²) in [5, 5.41) is 8.68. The Balaban J connectivity index is 1.68. The molecule has 6 heteroatoms. The van der Waals surface area contributed by atoms with E-state index in [1.165, 1.54) is 5.56 Å². The van der Waals surface area contributed by atoms with Crippen molar-refractivity contribution in [2.24, 2.45) is 0 Å². The molecule has 0 aliphatic heterocycles. The average Bonchev–Trinajstić information content (AvgIpc) is 3.11. The van der Waals surface area contributed by atoms with Gasteiger partial charge in [0, 0.05) is 18.3 Å². The lowest BCUT2D eigenvalue weighted by atomic mass is 10.0. The summed E-state index contributed by atoms with van der Waals surface area (Å²) in [6.07, 6.45) is -0.724. The molecule has 0 saturated carbocycles. The lowest BCUT2D eigenvalue weighted by Crippen LogP contribution is -2.31. The zero-order valence-corrected chi connectivity index (χ0v) is 20.1. The second kappa shape index (κ2) is 9.06. The first-order valence-corrected chi connectivity index (χ1v) is 11.3. The van der Waals surface area contributed by atoms with Crippen molar-refractivity contribution in [2.75, 3.05) is 5.32 Å². The van der Waals surface area contributed by atoms with Gasteiger partial charge in [0.05, 0.1) is 11.1 Å². The Kier molecular flexibility index (Phi) is 6.18. The van der Waals surface area contributed by atoms with Crippen LogP contribution in [0.1, 0.15) is 36.2 Å². The molecule has 2 aromatic carbocycles. The third kappa shape index (κ3) is 4.46. The van der Waals surface area contributed by atoms with E-state index in [0.717, 1.165) is 44.7 Å². The minimum atomic E-state index is -0.724. The number of hydrogen-bond donors (Lipinski definition) is 1. The van der Waals surface area contributed by atoms with E-state index in [4.69, 9.17) is 9.72 Å². The highest BCUT2D eigenvalue weighted by Crippen LogP contribution is 2.33. The molecular formula is C27H30N4O2. The van der Waals surface area contributed by atoms with Gasteiger partial charge in [-0.3, -0.25) is 4.79 Å². The van der Waals surface area contributed by atoms with E-state index in [-0.39, 0.29) is 5.91 Å². The van der Waals surface area contributed by atoms with Crippen LogP contribution >= 0.6 is 0 Å². The molecule has 1 atom stereocenters. The zero-order chi connectivity index (χ0) is 23.7. The van der Waals surface area contributed by atoms with E-state index in [1.807, 2.05) is 63.6 Å². The third-order valence-electron chi connectivity index (χ3n) is 5.83. The number of rotatable bonds is 6. The number of fused-ring (bicyclic) bond motifs is 1. The van der Waals surface area contributed by atoms with Gasteiger partial charge in [0.15, 0.2) is 11.8 Å². The molecule has 0 spiro atoms. The van der Waals surface area contributed by atoms with Crippen LogP contribution in [0.25, 0.3) is 22.2 Å². The lowest BCUT2D eigenvalue weighted by molar-refractivity contribution is -0.122. The van der Waals surface area contributed by atoms with Crippen LogP contribution in [0.5, 0.6) is 5.88 Å². The van der Waals surface area contributed by atoms with Crippen molar-refractivity contribution in [3.05, 3.63) is 70.9 Å². The van der Waals surface area contributed by atoms with Crippen LogP contribution in [0.4, 0.5) is 5.69 Å². The van der Waals surface area contributed by atoms with Crippen molar-refractivity contribution < 1.29 is 9.53 Å². The van der Waals surface area contributed by atoms with Gasteiger partial charge in [0.2, 0.25) is 5.88 Å². The standard InChI is InChI=1S/C27H30N4O2/c1-7-31-26-24(19(5)30-31)22(21-11-9-8-10-12-21)15-23(28-26)33-20(6)27(32)29-25-17(3)13-16(2)14-18(25)4/h8-15,20H,7H2,1-6H3,(H,29,32)/t20-/m1/s1. The molecule has 170 valence electrons. The molecule has 0 saturated heterocycles. The molecule has 0 radical (unpaired) electrons. The van der Waals surface area contributed by atoms with E-state index in [2.05, 4.69) is 34.7 Å². The maximum Gasteiger partial charge on any atom is 0.265 e. The van der Waals surface area contributed by atoms with Gasteiger partial charge in [0.25, 0.3) is 5.91 Å². The average molecular weight is 443 g/mol. The number of carbonyl (C=O) groups is 1. The summed E-state index contributed by atoms with van der Waals surface area (Å²) >= 11 is 0. The SMILES string of the molecule is CCn1nc(C)c2c(-c3ccccc3)cc(O[C@H](C)C(=O)Nc3c(C)cc(C)cc3C)nc21. The highest BCUT2D eigenvalue weighted by atomic mass is 16.5. The fraction of sp³-hybridized carbons (Fsp3) is 0.296. The number of amides is 1. The van der Waals surface area contributed by atoms with Crippen molar-refractivity contribution in [3.63, 3.8) is 0 Å². The van der Waals surface area contributed by atoms with Crippen LogP contribution in [0.2, 0.25) is 0 Å². The molecule has 0 unspecified atom stereocenters. The minimum Gasteiger partial charge on any atom is -0.464 e. The zero-order valence-electron chi connectivity index (χ0n) is 20.1. The Hall–Kier alpha value is -3.67. The molecule has 6 nitrogen and oxygen atoms in total. The van der Waals surface area contributed by atoms with Crippen LogP contribution in [0.15, 0.2) is 48.5 Å². The second-order valence-corrected chi connectivity index (χ2v) is 8.50. The summed E-state index contributed by atoms with van der Waals surface area (Å²) in [6.45, 7) is 12.5. The van der Waals surface area contributed by atoms with Crippen molar-refractivity contribution in [2.45, 2.75) is 54.2 Å². The number of nitrogens with one attached hydrogen (secondary N) is 1. The number of benzene rings is 2. The molecule has 2 heterocycles. The molecule has 0 fully saturated rings. The molecule has 4 rings (SSSR count). The number of carbonyl (C=O) groups excluding carboxylic acids is 1. The minimum absolute atomic E-state index is 0.214. The lowest BCUT2D eigenvalue weighted by Gasteiger charge is -2.18. The Bertz CT molecular complexity index is 1300. The summed E-state index contributed by atoms with van der Waals surface area (Å²) in [5.41, 5.74) is 7.77. The molecule has 0 bridgehead atoms. The summed E-state index contributed by atoms with van der Waals surface area (Å²) in [5.74, 6) is 0.185. The number of nitrogens with zero attached hydrogens (tertiary/aromatic N) is 3. The molecular weight excluding hydrogens is 412 g/mol. The third-order valence-corrected chi connectivity index (χ3v) is 5.83.